The van der Waals surface area contributed by atoms with Gasteiger partial charge in [-0.3, -0.25) is 15.0 Å². The smallest absolute Gasteiger partial charge is 0.252 e. The number of aryl methyl sites for hydroxylation is 2. The van der Waals surface area contributed by atoms with Gasteiger partial charge in [-0.25, -0.2) is 9.97 Å². The lowest BCUT2D eigenvalue weighted by atomic mass is 9.85. The number of allylic oxidation sites excluding steroid dienone is 2. The molecule has 0 spiro atoms. The number of hydrogen-bond acceptors (Lipinski definition) is 6. The number of aromatic nitrogens is 2. The third-order valence-electron chi connectivity index (χ3n) is 6.44. The van der Waals surface area contributed by atoms with Crippen LogP contribution in [0.4, 0.5) is 5.82 Å². The molecule has 3 aliphatic carbocycles. The van der Waals surface area contributed by atoms with E-state index in [4.69, 9.17) is 0 Å². The second-order valence-electron chi connectivity index (χ2n) is 7.74. The van der Waals surface area contributed by atoms with Gasteiger partial charge in [0.2, 0.25) is 0 Å². The second kappa shape index (κ2) is 5.13. The minimum Gasteiger partial charge on any atom is -0.272 e. The number of amides is 2. The molecule has 6 rings (SSSR count). The maximum atomic E-state index is 12.9. The number of imide groups is 1. The molecule has 26 heavy (non-hydrogen) atoms. The fourth-order valence-corrected chi connectivity index (χ4v) is 6.52. The van der Waals surface area contributed by atoms with Gasteiger partial charge in [-0.15, -0.1) is 11.3 Å². The summed E-state index contributed by atoms with van der Waals surface area (Å²) in [7, 11) is 0. The molecular weight excluding hydrogens is 348 g/mol. The molecule has 2 amide bonds. The lowest BCUT2D eigenvalue weighted by Gasteiger charge is -2.19. The van der Waals surface area contributed by atoms with Crippen molar-refractivity contribution in [1.29, 1.82) is 0 Å². The van der Waals surface area contributed by atoms with Crippen molar-refractivity contribution in [3.63, 3.8) is 0 Å². The summed E-state index contributed by atoms with van der Waals surface area (Å²) in [6.45, 7) is 0. The van der Waals surface area contributed by atoms with E-state index in [1.807, 2.05) is 0 Å². The fourth-order valence-electron chi connectivity index (χ4n) is 5.29. The quantitative estimate of drug-likeness (QED) is 0.653. The Labute approximate surface area is 154 Å². The lowest BCUT2D eigenvalue weighted by Crippen LogP contribution is -2.38. The largest absolute Gasteiger partial charge is 0.272 e. The Morgan fingerprint density at radius 3 is 2.54 bits per heavy atom. The minimum absolute atomic E-state index is 0.104. The van der Waals surface area contributed by atoms with Crippen LogP contribution in [-0.4, -0.2) is 26.8 Å². The van der Waals surface area contributed by atoms with E-state index in [1.165, 1.54) is 28.2 Å². The highest BCUT2D eigenvalue weighted by Gasteiger charge is 2.59. The molecule has 4 aliphatic rings. The molecule has 1 aliphatic heterocycles. The number of carbonyl (C=O) groups excluding carboxylic acids is 2. The molecule has 0 radical (unpaired) electrons. The number of hydrogen-bond donors (Lipinski definition) is 1. The first-order chi connectivity index (χ1) is 12.7. The van der Waals surface area contributed by atoms with E-state index >= 15 is 0 Å². The van der Waals surface area contributed by atoms with Crippen LogP contribution in [0.15, 0.2) is 18.5 Å². The van der Waals surface area contributed by atoms with Crippen LogP contribution < -0.4 is 5.43 Å². The number of rotatable bonds is 2. The molecule has 1 N–H and O–H groups in total. The number of fused-ring (bicyclic) bond motifs is 8. The first-order valence-electron chi connectivity index (χ1n) is 9.30. The predicted molar refractivity (Wildman–Crippen MR) is 97.2 cm³/mol. The minimum atomic E-state index is -0.196. The van der Waals surface area contributed by atoms with E-state index < -0.39 is 0 Å². The summed E-state index contributed by atoms with van der Waals surface area (Å²) in [5, 5.41) is 2.22. The summed E-state index contributed by atoms with van der Waals surface area (Å²) >= 11 is 1.71. The summed E-state index contributed by atoms with van der Waals surface area (Å²) < 4.78 is 0. The van der Waals surface area contributed by atoms with Gasteiger partial charge >= 0.3 is 0 Å². The molecule has 2 aromatic rings. The van der Waals surface area contributed by atoms with Gasteiger partial charge in [0.25, 0.3) is 11.8 Å². The van der Waals surface area contributed by atoms with E-state index in [-0.39, 0.29) is 35.5 Å². The van der Waals surface area contributed by atoms with Gasteiger partial charge in [-0.05, 0) is 49.5 Å². The van der Waals surface area contributed by atoms with Crippen molar-refractivity contribution in [2.75, 3.05) is 5.43 Å². The number of thiophene rings is 1. The molecule has 2 fully saturated rings. The molecule has 3 heterocycles. The Morgan fingerprint density at radius 1 is 1.04 bits per heavy atom. The highest BCUT2D eigenvalue weighted by molar-refractivity contribution is 7.19. The zero-order chi connectivity index (χ0) is 17.4. The Balaban J connectivity index is 1.40. The van der Waals surface area contributed by atoms with E-state index in [1.54, 1.807) is 11.3 Å². The van der Waals surface area contributed by atoms with Crippen LogP contribution >= 0.6 is 11.3 Å². The second-order valence-corrected chi connectivity index (χ2v) is 8.82. The van der Waals surface area contributed by atoms with Crippen molar-refractivity contribution in [2.24, 2.45) is 23.7 Å². The summed E-state index contributed by atoms with van der Waals surface area (Å²) in [5.74, 6) is 0.425. The molecule has 2 bridgehead atoms. The molecule has 7 heteroatoms. The molecular formula is C19H18N4O2S. The van der Waals surface area contributed by atoms with E-state index in [0.29, 0.717) is 5.82 Å². The monoisotopic (exact) mass is 366 g/mol. The van der Waals surface area contributed by atoms with Gasteiger partial charge in [-0.2, -0.15) is 5.01 Å². The summed E-state index contributed by atoms with van der Waals surface area (Å²) in [4.78, 5) is 37.0. The van der Waals surface area contributed by atoms with Crippen LogP contribution in [0.25, 0.3) is 10.2 Å². The maximum absolute atomic E-state index is 12.9. The first kappa shape index (κ1) is 14.8. The van der Waals surface area contributed by atoms with Crippen molar-refractivity contribution in [3.8, 4) is 0 Å². The maximum Gasteiger partial charge on any atom is 0.252 e. The Morgan fingerprint density at radius 2 is 1.77 bits per heavy atom. The summed E-state index contributed by atoms with van der Waals surface area (Å²) in [6.07, 6.45) is 11.1. The zero-order valence-electron chi connectivity index (χ0n) is 14.1. The van der Waals surface area contributed by atoms with Crippen LogP contribution in [0, 0.1) is 23.7 Å². The fraction of sp³-hybridized carbons (Fsp3) is 0.474. The Bertz CT molecular complexity index is 967. The van der Waals surface area contributed by atoms with Crippen molar-refractivity contribution in [2.45, 2.75) is 32.1 Å². The molecule has 1 saturated heterocycles. The molecule has 1 saturated carbocycles. The van der Waals surface area contributed by atoms with Crippen molar-refractivity contribution >= 4 is 39.2 Å². The summed E-state index contributed by atoms with van der Waals surface area (Å²) in [6, 6.07) is 0. The number of carbonyl (C=O) groups is 2. The third-order valence-corrected chi connectivity index (χ3v) is 7.64. The highest BCUT2D eigenvalue weighted by Crippen LogP contribution is 2.52. The van der Waals surface area contributed by atoms with Gasteiger partial charge in [0.05, 0.1) is 17.2 Å². The van der Waals surface area contributed by atoms with Gasteiger partial charge in [0.15, 0.2) is 5.82 Å². The van der Waals surface area contributed by atoms with Crippen LogP contribution in [0.2, 0.25) is 0 Å². The van der Waals surface area contributed by atoms with Gasteiger partial charge in [-0.1, -0.05) is 12.2 Å². The topological polar surface area (TPSA) is 75.2 Å². The highest BCUT2D eigenvalue weighted by atomic mass is 32.1. The summed E-state index contributed by atoms with van der Waals surface area (Å²) in [5.41, 5.74) is 4.37. The van der Waals surface area contributed by atoms with Crippen molar-refractivity contribution in [1.82, 2.24) is 15.0 Å². The first-order valence-corrected chi connectivity index (χ1v) is 10.1. The van der Waals surface area contributed by atoms with Gasteiger partial charge < -0.3 is 0 Å². The molecule has 132 valence electrons. The van der Waals surface area contributed by atoms with Crippen LogP contribution in [0.3, 0.4) is 0 Å². The average molecular weight is 366 g/mol. The third kappa shape index (κ3) is 1.81. The number of anilines is 1. The van der Waals surface area contributed by atoms with Crippen LogP contribution in [-0.2, 0) is 22.4 Å². The molecule has 0 aromatic carbocycles. The van der Waals surface area contributed by atoms with Crippen LogP contribution in [0.5, 0.6) is 0 Å². The number of hydrazine groups is 1. The molecule has 0 unspecified atom stereocenters. The predicted octanol–water partition coefficient (Wildman–Crippen LogP) is 2.70. The molecule has 6 nitrogen and oxygen atoms in total. The van der Waals surface area contributed by atoms with Crippen molar-refractivity contribution < 1.29 is 9.59 Å². The lowest BCUT2D eigenvalue weighted by molar-refractivity contribution is -0.139. The average Bonchev–Trinajstić information content (AvgIpc) is 3.40. The Hall–Kier alpha value is -2.28. The van der Waals surface area contributed by atoms with E-state index in [0.717, 1.165) is 35.9 Å². The molecule has 4 atom stereocenters. The number of nitrogens with one attached hydrogen (secondary N) is 1. The standard InChI is InChI=1S/C19H18N4O2S/c24-18-13-9-5-6-10(7-9)14(13)19(25)23(18)22-16-15-11-3-1-2-4-12(11)26-17(15)21-8-20-16/h5-6,8-10,13-14H,1-4,7H2,(H,20,21,22)/t9-,10-,13-,14-/m0/s1. The normalized spacial score (nSPS) is 31.8. The zero-order valence-corrected chi connectivity index (χ0v) is 15.0. The van der Waals surface area contributed by atoms with E-state index in [9.17, 15) is 9.59 Å². The van der Waals surface area contributed by atoms with Gasteiger partial charge in [0.1, 0.15) is 11.2 Å². The van der Waals surface area contributed by atoms with Crippen molar-refractivity contribution in [3.05, 3.63) is 28.9 Å². The number of nitrogens with zero attached hydrogens (tertiary/aromatic N) is 3. The van der Waals surface area contributed by atoms with E-state index in [2.05, 4.69) is 27.5 Å². The Kier molecular flexibility index (Phi) is 2.93. The van der Waals surface area contributed by atoms with Gasteiger partial charge in [0, 0.05) is 4.88 Å². The SMILES string of the molecule is O=C1[C@@H]2[C@@H](C(=O)N1Nc1ncnc3sc4c(c13)CCCC4)[C@H]1C=C[C@H]2C1. The molecule has 2 aromatic heterocycles. The van der Waals surface area contributed by atoms with Crippen LogP contribution in [0.1, 0.15) is 29.7 Å².